The molecule has 0 aliphatic rings. The molecule has 28 valence electrons. The van der Waals surface area contributed by atoms with Gasteiger partial charge in [0.25, 0.3) is 0 Å². The maximum atomic E-state index is 9.47. The molecule has 2 radical (unpaired) electrons. The first-order valence-electron chi connectivity index (χ1n) is 1.25. The van der Waals surface area contributed by atoms with E-state index in [9.17, 15) is 4.79 Å². The number of rotatable bonds is 1. The minimum atomic E-state index is -0.468. The van der Waals surface area contributed by atoms with Gasteiger partial charge in [-0.3, -0.25) is 4.79 Å². The highest BCUT2D eigenvalue weighted by Crippen LogP contribution is 1.61. The van der Waals surface area contributed by atoms with Crippen LogP contribution in [0.4, 0.5) is 0 Å². The lowest BCUT2D eigenvalue weighted by Crippen LogP contribution is -2.07. The average Bonchev–Trinajstić information content (AvgIpc) is 1.38. The third-order valence-electron chi connectivity index (χ3n) is 0.201. The maximum absolute atomic E-state index is 9.47. The second kappa shape index (κ2) is 1.76. The average molecular weight is 71.1 g/mol. The summed E-state index contributed by atoms with van der Waals surface area (Å²) in [6.07, 6.45) is -0.0556. The van der Waals surface area contributed by atoms with Crippen LogP contribution in [-0.2, 0) is 4.79 Å². The van der Waals surface area contributed by atoms with Crippen LogP contribution in [0.3, 0.4) is 0 Å². The van der Waals surface area contributed by atoms with Gasteiger partial charge in [0, 0.05) is 6.42 Å². The zero-order valence-corrected chi connectivity index (χ0v) is 2.77. The lowest BCUT2D eigenvalue weighted by Gasteiger charge is -1.72. The molecular formula is C3H5NO. The molecule has 0 aliphatic heterocycles. The molecular weight excluding hydrogens is 66.0 g/mol. The van der Waals surface area contributed by atoms with Crippen LogP contribution in [0.1, 0.15) is 6.42 Å². The van der Waals surface area contributed by atoms with Crippen LogP contribution in [0.15, 0.2) is 0 Å². The fraction of sp³-hybridized carbons (Fsp3) is 0.333. The SMILES string of the molecule is [CH]CC(N)=O. The normalized spacial score (nSPS) is 7.40. The molecule has 0 atom stereocenters. The first kappa shape index (κ1) is 4.47. The first-order valence-corrected chi connectivity index (χ1v) is 1.25. The predicted molar refractivity (Wildman–Crippen MR) is 18.1 cm³/mol. The molecule has 0 aliphatic carbocycles. The monoisotopic (exact) mass is 71.0 g/mol. The largest absolute Gasteiger partial charge is 0.370 e. The van der Waals surface area contributed by atoms with Crippen molar-refractivity contribution in [3.05, 3.63) is 6.92 Å². The van der Waals surface area contributed by atoms with E-state index in [1.54, 1.807) is 0 Å². The number of carbonyl (C=O) groups excluding carboxylic acids is 1. The van der Waals surface area contributed by atoms with Crippen molar-refractivity contribution < 1.29 is 4.79 Å². The van der Waals surface area contributed by atoms with Gasteiger partial charge in [-0.2, -0.15) is 0 Å². The van der Waals surface area contributed by atoms with Crippen LogP contribution in [0.2, 0.25) is 0 Å². The Morgan fingerprint density at radius 1 is 2.00 bits per heavy atom. The van der Waals surface area contributed by atoms with Crippen LogP contribution in [0.5, 0.6) is 0 Å². The molecule has 0 aromatic heterocycles. The van der Waals surface area contributed by atoms with Crippen LogP contribution in [0, 0.1) is 6.92 Å². The number of primary amides is 1. The zero-order valence-electron chi connectivity index (χ0n) is 2.77. The van der Waals surface area contributed by atoms with E-state index in [1.807, 2.05) is 0 Å². The topological polar surface area (TPSA) is 43.1 Å². The molecule has 2 nitrogen and oxygen atoms in total. The summed E-state index contributed by atoms with van der Waals surface area (Å²) < 4.78 is 0. The van der Waals surface area contributed by atoms with Crippen molar-refractivity contribution in [3.63, 3.8) is 0 Å². The van der Waals surface area contributed by atoms with Gasteiger partial charge in [-0.05, 0) is 6.92 Å². The Hall–Kier alpha value is -0.530. The maximum Gasteiger partial charge on any atom is 0.217 e. The molecule has 0 saturated carbocycles. The fourth-order valence-corrected chi connectivity index (χ4v) is 0. The van der Waals surface area contributed by atoms with Crippen molar-refractivity contribution in [2.24, 2.45) is 5.73 Å². The molecule has 0 unspecified atom stereocenters. The predicted octanol–water partition coefficient (Wildman–Crippen LogP) is -0.427. The van der Waals surface area contributed by atoms with Crippen molar-refractivity contribution in [1.82, 2.24) is 0 Å². The Labute approximate surface area is 31.0 Å². The number of nitrogens with two attached hydrogens (primary N) is 1. The van der Waals surface area contributed by atoms with Crippen molar-refractivity contribution in [3.8, 4) is 0 Å². The second-order valence-corrected chi connectivity index (χ2v) is 0.670. The van der Waals surface area contributed by atoms with E-state index in [0.717, 1.165) is 0 Å². The molecule has 2 N–H and O–H groups in total. The standard InChI is InChI=1S/C3H5NO/c1-2-3(4)5/h1H,2H2,(H2,4,5). The second-order valence-electron chi connectivity index (χ2n) is 0.670. The first-order chi connectivity index (χ1) is 2.27. The van der Waals surface area contributed by atoms with E-state index in [2.05, 4.69) is 5.73 Å². The molecule has 0 rings (SSSR count). The summed E-state index contributed by atoms with van der Waals surface area (Å²) in [4.78, 5) is 9.47. The molecule has 0 aromatic rings. The van der Waals surface area contributed by atoms with Crippen molar-refractivity contribution in [2.45, 2.75) is 6.42 Å². The van der Waals surface area contributed by atoms with Gasteiger partial charge in [-0.15, -0.1) is 0 Å². The molecule has 2 heteroatoms. The molecule has 0 fully saturated rings. The Morgan fingerprint density at radius 3 is 2.20 bits per heavy atom. The van der Waals surface area contributed by atoms with E-state index in [4.69, 9.17) is 6.92 Å². The smallest absolute Gasteiger partial charge is 0.217 e. The fourth-order valence-electron chi connectivity index (χ4n) is 0. The summed E-state index contributed by atoms with van der Waals surface area (Å²) in [5.74, 6) is -0.468. The molecule has 0 spiro atoms. The van der Waals surface area contributed by atoms with Crippen molar-refractivity contribution in [2.75, 3.05) is 0 Å². The quantitative estimate of drug-likeness (QED) is 0.448. The molecule has 0 bridgehead atoms. The summed E-state index contributed by atoms with van der Waals surface area (Å²) in [7, 11) is 0. The number of amides is 1. The molecule has 0 heterocycles. The van der Waals surface area contributed by atoms with Crippen LogP contribution in [0.25, 0.3) is 0 Å². The van der Waals surface area contributed by atoms with Gasteiger partial charge in [-0.1, -0.05) is 0 Å². The lowest BCUT2D eigenvalue weighted by atomic mass is 10.5. The summed E-state index contributed by atoms with van der Waals surface area (Å²) in [5, 5.41) is 0. The zero-order chi connectivity index (χ0) is 4.28. The minimum Gasteiger partial charge on any atom is -0.370 e. The van der Waals surface area contributed by atoms with Crippen LogP contribution < -0.4 is 5.73 Å². The van der Waals surface area contributed by atoms with Gasteiger partial charge in [0.15, 0.2) is 0 Å². The van der Waals surface area contributed by atoms with Crippen LogP contribution in [-0.4, -0.2) is 5.91 Å². The Morgan fingerprint density at radius 2 is 2.20 bits per heavy atom. The van der Waals surface area contributed by atoms with Gasteiger partial charge in [0.1, 0.15) is 0 Å². The van der Waals surface area contributed by atoms with E-state index < -0.39 is 5.91 Å². The Bertz CT molecular complexity index is 42.2. The summed E-state index contributed by atoms with van der Waals surface area (Å²) in [6, 6.07) is 0. The van der Waals surface area contributed by atoms with E-state index in [-0.39, 0.29) is 6.42 Å². The van der Waals surface area contributed by atoms with E-state index in [1.165, 1.54) is 0 Å². The third-order valence-corrected chi connectivity index (χ3v) is 0.201. The van der Waals surface area contributed by atoms with Gasteiger partial charge in [0.05, 0.1) is 0 Å². The van der Waals surface area contributed by atoms with Crippen LogP contribution >= 0.6 is 0 Å². The minimum absolute atomic E-state index is 0.0556. The van der Waals surface area contributed by atoms with Gasteiger partial charge >= 0.3 is 0 Å². The molecule has 1 amide bonds. The third kappa shape index (κ3) is 3.47. The van der Waals surface area contributed by atoms with E-state index in [0.29, 0.717) is 0 Å². The summed E-state index contributed by atoms with van der Waals surface area (Å²) in [6.45, 7) is 4.70. The molecule has 5 heavy (non-hydrogen) atoms. The van der Waals surface area contributed by atoms with Crippen molar-refractivity contribution >= 4 is 5.91 Å². The highest BCUT2D eigenvalue weighted by molar-refractivity contribution is 5.74. The Balaban J connectivity index is 2.85. The van der Waals surface area contributed by atoms with Gasteiger partial charge in [-0.25, -0.2) is 0 Å². The van der Waals surface area contributed by atoms with E-state index >= 15 is 0 Å². The molecule has 0 saturated heterocycles. The Kier molecular flexibility index (Phi) is 1.57. The van der Waals surface area contributed by atoms with Gasteiger partial charge in [0.2, 0.25) is 5.91 Å². The van der Waals surface area contributed by atoms with Crippen molar-refractivity contribution in [1.29, 1.82) is 0 Å². The highest BCUT2D eigenvalue weighted by atomic mass is 16.1. The molecule has 0 aromatic carbocycles. The number of hydrogen-bond donors (Lipinski definition) is 1. The highest BCUT2D eigenvalue weighted by Gasteiger charge is 1.77. The van der Waals surface area contributed by atoms with Gasteiger partial charge < -0.3 is 5.73 Å². The summed E-state index contributed by atoms with van der Waals surface area (Å²) >= 11 is 0. The number of hydrogen-bond acceptors (Lipinski definition) is 1. The summed E-state index contributed by atoms with van der Waals surface area (Å²) in [5.41, 5.74) is 4.53. The lowest BCUT2D eigenvalue weighted by molar-refractivity contribution is -0.117. The number of carbonyl (C=O) groups is 1.